The van der Waals surface area contributed by atoms with E-state index in [9.17, 15) is 8.42 Å². The lowest BCUT2D eigenvalue weighted by Gasteiger charge is -2.32. The molecular formula is C16H26BNO5S. The first-order chi connectivity index (χ1) is 10.9. The molecule has 0 unspecified atom stereocenters. The highest BCUT2D eigenvalue weighted by molar-refractivity contribution is 7.89. The standard InChI is InChI=1S/C16H26BNO5S/c1-11(2)21-13-8-12(9-14(10-13)24(19,20)18-7)17-22-15(3,4)16(5,6)23-17/h8-11,18H,1-7H3. The highest BCUT2D eigenvalue weighted by Gasteiger charge is 2.52. The molecule has 134 valence electrons. The van der Waals surface area contributed by atoms with Crippen LogP contribution in [0.25, 0.3) is 0 Å². The molecule has 0 amide bonds. The fourth-order valence-corrected chi connectivity index (χ4v) is 3.12. The molecule has 1 saturated heterocycles. The number of hydrogen-bond donors (Lipinski definition) is 1. The van der Waals surface area contributed by atoms with Gasteiger partial charge >= 0.3 is 7.12 Å². The molecule has 1 heterocycles. The lowest BCUT2D eigenvalue weighted by molar-refractivity contribution is 0.00578. The summed E-state index contributed by atoms with van der Waals surface area (Å²) in [4.78, 5) is 0.118. The molecule has 8 heteroatoms. The number of nitrogens with one attached hydrogen (secondary N) is 1. The summed E-state index contributed by atoms with van der Waals surface area (Å²) in [6.45, 7) is 11.6. The summed E-state index contributed by atoms with van der Waals surface area (Å²) in [5, 5.41) is 0. The zero-order chi connectivity index (χ0) is 18.3. The van der Waals surface area contributed by atoms with Crippen LogP contribution in [0.3, 0.4) is 0 Å². The Balaban J connectivity index is 2.49. The van der Waals surface area contributed by atoms with Gasteiger partial charge in [0.05, 0.1) is 22.2 Å². The molecule has 0 saturated carbocycles. The van der Waals surface area contributed by atoms with Crippen LogP contribution in [0.4, 0.5) is 0 Å². The number of hydrogen-bond acceptors (Lipinski definition) is 5. The molecule has 24 heavy (non-hydrogen) atoms. The summed E-state index contributed by atoms with van der Waals surface area (Å²) in [5.41, 5.74) is -0.399. The third-order valence-electron chi connectivity index (χ3n) is 4.38. The lowest BCUT2D eigenvalue weighted by atomic mass is 9.79. The smallest absolute Gasteiger partial charge is 0.491 e. The molecular weight excluding hydrogens is 329 g/mol. The van der Waals surface area contributed by atoms with Crippen molar-refractivity contribution in [1.29, 1.82) is 0 Å². The predicted octanol–water partition coefficient (Wildman–Crippen LogP) is 1.68. The maximum absolute atomic E-state index is 12.2. The molecule has 0 aromatic heterocycles. The Labute approximate surface area is 145 Å². The minimum atomic E-state index is -3.61. The van der Waals surface area contributed by atoms with Crippen LogP contribution in [-0.2, 0) is 19.3 Å². The average molecular weight is 355 g/mol. The van der Waals surface area contributed by atoms with Crippen LogP contribution in [0.1, 0.15) is 41.5 Å². The van der Waals surface area contributed by atoms with E-state index in [1.54, 1.807) is 12.1 Å². The molecule has 1 aromatic carbocycles. The molecule has 1 aliphatic rings. The minimum Gasteiger partial charge on any atom is -0.491 e. The van der Waals surface area contributed by atoms with Gasteiger partial charge in [0.2, 0.25) is 10.0 Å². The molecule has 1 aliphatic heterocycles. The van der Waals surface area contributed by atoms with E-state index >= 15 is 0 Å². The Hall–Kier alpha value is -1.09. The van der Waals surface area contributed by atoms with Crippen molar-refractivity contribution in [2.24, 2.45) is 0 Å². The first-order valence-electron chi connectivity index (χ1n) is 7.99. The van der Waals surface area contributed by atoms with Gasteiger partial charge in [-0.3, -0.25) is 0 Å². The van der Waals surface area contributed by atoms with Crippen LogP contribution in [0, 0.1) is 0 Å². The van der Waals surface area contributed by atoms with Gasteiger partial charge in [-0.1, -0.05) is 0 Å². The summed E-state index contributed by atoms with van der Waals surface area (Å²) >= 11 is 0. The van der Waals surface area contributed by atoms with Crippen LogP contribution in [0.2, 0.25) is 0 Å². The number of rotatable bonds is 5. The van der Waals surface area contributed by atoms with Gasteiger partial charge in [0.1, 0.15) is 5.75 Å². The maximum Gasteiger partial charge on any atom is 0.495 e. The Morgan fingerprint density at radius 1 is 1.08 bits per heavy atom. The molecule has 0 aliphatic carbocycles. The molecule has 0 atom stereocenters. The van der Waals surface area contributed by atoms with Crippen molar-refractivity contribution in [3.05, 3.63) is 18.2 Å². The van der Waals surface area contributed by atoms with Crippen LogP contribution in [-0.4, -0.2) is 39.9 Å². The van der Waals surface area contributed by atoms with E-state index in [0.29, 0.717) is 11.2 Å². The predicted molar refractivity (Wildman–Crippen MR) is 94.2 cm³/mol. The van der Waals surface area contributed by atoms with Crippen molar-refractivity contribution in [1.82, 2.24) is 4.72 Å². The van der Waals surface area contributed by atoms with Gasteiger partial charge in [-0.2, -0.15) is 0 Å². The number of benzene rings is 1. The van der Waals surface area contributed by atoms with Crippen molar-refractivity contribution >= 4 is 22.6 Å². The van der Waals surface area contributed by atoms with Gasteiger partial charge in [-0.05, 0) is 66.2 Å². The Bertz CT molecular complexity index is 699. The largest absolute Gasteiger partial charge is 0.495 e. The average Bonchev–Trinajstić information content (AvgIpc) is 2.66. The molecule has 2 rings (SSSR count). The normalized spacial score (nSPS) is 19.8. The van der Waals surface area contributed by atoms with E-state index in [1.807, 2.05) is 41.5 Å². The van der Waals surface area contributed by atoms with Crippen LogP contribution in [0.5, 0.6) is 5.75 Å². The van der Waals surface area contributed by atoms with E-state index in [2.05, 4.69) is 4.72 Å². The fraction of sp³-hybridized carbons (Fsp3) is 0.625. The second-order valence-corrected chi connectivity index (χ2v) is 9.09. The van der Waals surface area contributed by atoms with Crippen LogP contribution < -0.4 is 14.9 Å². The Morgan fingerprint density at radius 2 is 1.62 bits per heavy atom. The second kappa shape index (κ2) is 6.33. The third-order valence-corrected chi connectivity index (χ3v) is 5.77. The minimum absolute atomic E-state index is 0.0799. The van der Waals surface area contributed by atoms with Gasteiger partial charge in [0.15, 0.2) is 0 Å². The number of sulfonamides is 1. The summed E-state index contributed by atoms with van der Waals surface area (Å²) in [6, 6.07) is 4.82. The van der Waals surface area contributed by atoms with E-state index in [1.165, 1.54) is 13.1 Å². The second-order valence-electron chi connectivity index (χ2n) is 7.20. The van der Waals surface area contributed by atoms with Gasteiger partial charge in [-0.25, -0.2) is 13.1 Å². The van der Waals surface area contributed by atoms with Crippen LogP contribution in [0.15, 0.2) is 23.1 Å². The van der Waals surface area contributed by atoms with Gasteiger partial charge in [-0.15, -0.1) is 0 Å². The zero-order valence-electron chi connectivity index (χ0n) is 15.3. The van der Waals surface area contributed by atoms with Gasteiger partial charge < -0.3 is 14.0 Å². The summed E-state index contributed by atoms with van der Waals surface area (Å²) in [7, 11) is -2.89. The molecule has 1 fully saturated rings. The van der Waals surface area contributed by atoms with Crippen molar-refractivity contribution in [2.75, 3.05) is 7.05 Å². The van der Waals surface area contributed by atoms with E-state index in [0.717, 1.165) is 0 Å². The fourth-order valence-electron chi connectivity index (χ4n) is 2.32. The highest BCUT2D eigenvalue weighted by atomic mass is 32.2. The number of ether oxygens (including phenoxy) is 1. The zero-order valence-corrected chi connectivity index (χ0v) is 16.2. The van der Waals surface area contributed by atoms with E-state index in [4.69, 9.17) is 14.0 Å². The van der Waals surface area contributed by atoms with Gasteiger partial charge in [0.25, 0.3) is 0 Å². The SMILES string of the molecule is CNS(=O)(=O)c1cc(OC(C)C)cc(B2OC(C)(C)C(C)(C)O2)c1. The maximum atomic E-state index is 12.2. The monoisotopic (exact) mass is 355 g/mol. The van der Waals surface area contributed by atoms with E-state index in [-0.39, 0.29) is 11.0 Å². The van der Waals surface area contributed by atoms with E-state index < -0.39 is 28.3 Å². The third kappa shape index (κ3) is 3.77. The molecule has 0 bridgehead atoms. The molecule has 0 spiro atoms. The van der Waals surface area contributed by atoms with Crippen LogP contribution >= 0.6 is 0 Å². The van der Waals surface area contributed by atoms with Crippen molar-refractivity contribution in [3.8, 4) is 5.75 Å². The van der Waals surface area contributed by atoms with Gasteiger partial charge in [0, 0.05) is 6.07 Å². The highest BCUT2D eigenvalue weighted by Crippen LogP contribution is 2.36. The molecule has 6 nitrogen and oxygen atoms in total. The van der Waals surface area contributed by atoms with Crippen molar-refractivity contribution in [2.45, 2.75) is 63.7 Å². The lowest BCUT2D eigenvalue weighted by Crippen LogP contribution is -2.41. The Kier molecular flexibility index (Phi) is 5.08. The quantitative estimate of drug-likeness (QED) is 0.814. The first-order valence-corrected chi connectivity index (χ1v) is 9.47. The molecule has 0 radical (unpaired) electrons. The molecule has 1 N–H and O–H groups in total. The first kappa shape index (κ1) is 19.2. The summed E-state index contributed by atoms with van der Waals surface area (Å²) in [5.74, 6) is 0.464. The summed E-state index contributed by atoms with van der Waals surface area (Å²) in [6.07, 6.45) is -0.0799. The van der Waals surface area contributed by atoms with Crippen molar-refractivity contribution in [3.63, 3.8) is 0 Å². The van der Waals surface area contributed by atoms with Crippen molar-refractivity contribution < 1.29 is 22.5 Å². The summed E-state index contributed by atoms with van der Waals surface area (Å²) < 4.78 is 44.5. The topological polar surface area (TPSA) is 73.9 Å². The molecule has 1 aromatic rings. The Morgan fingerprint density at radius 3 is 2.08 bits per heavy atom.